The normalized spacial score (nSPS) is 30.8. The summed E-state index contributed by atoms with van der Waals surface area (Å²) in [6.45, 7) is 2.12. The SMILES string of the molecule is CC1CC2OC2CC1=COC(=O)CCCCC(=O)O. The molecule has 1 aliphatic carbocycles. The Hall–Kier alpha value is -1.36. The maximum Gasteiger partial charge on any atom is 0.310 e. The summed E-state index contributed by atoms with van der Waals surface area (Å²) in [5, 5.41) is 8.47. The summed E-state index contributed by atoms with van der Waals surface area (Å²) in [5.41, 5.74) is 1.14. The lowest BCUT2D eigenvalue weighted by Crippen LogP contribution is -2.14. The lowest BCUT2D eigenvalue weighted by atomic mass is 9.86. The van der Waals surface area contributed by atoms with Gasteiger partial charge in [0.15, 0.2) is 0 Å². The Balaban J connectivity index is 1.66. The maximum absolute atomic E-state index is 11.5. The molecule has 1 aliphatic heterocycles. The van der Waals surface area contributed by atoms with Gasteiger partial charge in [-0.05, 0) is 30.8 Å². The minimum absolute atomic E-state index is 0.103. The summed E-state index contributed by atoms with van der Waals surface area (Å²) in [5.74, 6) is -0.710. The van der Waals surface area contributed by atoms with E-state index < -0.39 is 5.97 Å². The molecule has 0 radical (unpaired) electrons. The molecular weight excluding hydrogens is 248 g/mol. The van der Waals surface area contributed by atoms with Gasteiger partial charge in [0.1, 0.15) is 0 Å². The smallest absolute Gasteiger partial charge is 0.310 e. The lowest BCUT2D eigenvalue weighted by Gasteiger charge is -2.17. The first-order valence-corrected chi connectivity index (χ1v) is 6.82. The van der Waals surface area contributed by atoms with Crippen molar-refractivity contribution in [2.75, 3.05) is 0 Å². The third-order valence-corrected chi connectivity index (χ3v) is 3.71. The van der Waals surface area contributed by atoms with Gasteiger partial charge in [-0.3, -0.25) is 9.59 Å². The highest BCUT2D eigenvalue weighted by molar-refractivity contribution is 5.70. The molecule has 5 heteroatoms. The zero-order valence-electron chi connectivity index (χ0n) is 11.1. The number of carbonyl (C=O) groups excluding carboxylic acids is 1. The minimum atomic E-state index is -0.828. The topological polar surface area (TPSA) is 76.1 Å². The molecule has 1 N–H and O–H groups in total. The molecule has 0 aromatic rings. The van der Waals surface area contributed by atoms with Gasteiger partial charge in [-0.1, -0.05) is 6.92 Å². The number of hydrogen-bond acceptors (Lipinski definition) is 4. The molecule has 1 saturated heterocycles. The first-order chi connectivity index (χ1) is 9.06. The number of ether oxygens (including phenoxy) is 2. The molecule has 0 aromatic carbocycles. The van der Waals surface area contributed by atoms with Crippen LogP contribution in [-0.2, 0) is 19.1 Å². The second-order valence-corrected chi connectivity index (χ2v) is 5.34. The van der Waals surface area contributed by atoms with E-state index >= 15 is 0 Å². The second-order valence-electron chi connectivity index (χ2n) is 5.34. The number of aliphatic carboxylic acids is 1. The van der Waals surface area contributed by atoms with Gasteiger partial charge in [0.25, 0.3) is 0 Å². The van der Waals surface area contributed by atoms with Crippen molar-refractivity contribution < 1.29 is 24.2 Å². The predicted octanol–water partition coefficient (Wildman–Crippen LogP) is 2.26. The molecule has 5 nitrogen and oxygen atoms in total. The van der Waals surface area contributed by atoms with E-state index in [1.165, 1.54) is 0 Å². The minimum Gasteiger partial charge on any atom is -0.481 e. The van der Waals surface area contributed by atoms with Crippen LogP contribution in [0.15, 0.2) is 11.8 Å². The Bertz CT molecular complexity index is 387. The van der Waals surface area contributed by atoms with Gasteiger partial charge in [-0.2, -0.15) is 0 Å². The first-order valence-electron chi connectivity index (χ1n) is 6.82. The van der Waals surface area contributed by atoms with Crippen molar-refractivity contribution in [1.29, 1.82) is 0 Å². The predicted molar refractivity (Wildman–Crippen MR) is 67.3 cm³/mol. The fourth-order valence-corrected chi connectivity index (χ4v) is 2.41. The molecular formula is C14H20O5. The molecule has 1 heterocycles. The lowest BCUT2D eigenvalue weighted by molar-refractivity contribution is -0.139. The number of carboxylic acid groups (broad SMARTS) is 1. The number of carboxylic acids is 1. The number of epoxide rings is 1. The molecule has 2 rings (SSSR count). The molecule has 0 bridgehead atoms. The van der Waals surface area contributed by atoms with Gasteiger partial charge in [-0.15, -0.1) is 0 Å². The van der Waals surface area contributed by atoms with Crippen LogP contribution in [0.3, 0.4) is 0 Å². The Morgan fingerprint density at radius 2 is 2.11 bits per heavy atom. The molecule has 2 aliphatic rings. The highest BCUT2D eigenvalue weighted by Gasteiger charge is 2.44. The van der Waals surface area contributed by atoms with Crippen molar-refractivity contribution in [3.63, 3.8) is 0 Å². The van der Waals surface area contributed by atoms with Crippen LogP contribution in [-0.4, -0.2) is 29.3 Å². The quantitative estimate of drug-likeness (QED) is 0.346. The van der Waals surface area contributed by atoms with Crippen LogP contribution in [0.4, 0.5) is 0 Å². The summed E-state index contributed by atoms with van der Waals surface area (Å²) in [6.07, 6.45) is 5.62. The van der Waals surface area contributed by atoms with Crippen LogP contribution in [0, 0.1) is 5.92 Å². The van der Waals surface area contributed by atoms with Gasteiger partial charge >= 0.3 is 11.9 Å². The zero-order chi connectivity index (χ0) is 13.8. The highest BCUT2D eigenvalue weighted by Crippen LogP contribution is 2.42. The molecule has 0 spiro atoms. The average molecular weight is 268 g/mol. The fraction of sp³-hybridized carbons (Fsp3) is 0.714. The average Bonchev–Trinajstić information content (AvgIpc) is 3.09. The number of rotatable bonds is 6. The van der Waals surface area contributed by atoms with E-state index in [4.69, 9.17) is 14.6 Å². The van der Waals surface area contributed by atoms with Crippen molar-refractivity contribution in [3.8, 4) is 0 Å². The van der Waals surface area contributed by atoms with E-state index in [-0.39, 0.29) is 18.8 Å². The van der Waals surface area contributed by atoms with E-state index in [2.05, 4.69) is 6.92 Å². The molecule has 1 saturated carbocycles. The Morgan fingerprint density at radius 3 is 2.84 bits per heavy atom. The standard InChI is InChI=1S/C14H20O5/c1-9-6-11-12(19-11)7-10(9)8-18-14(17)5-3-2-4-13(15)16/h8-9,11-12H,2-7H2,1H3,(H,15,16). The molecule has 0 aromatic heterocycles. The number of fused-ring (bicyclic) bond motifs is 1. The monoisotopic (exact) mass is 268 g/mol. The van der Waals surface area contributed by atoms with Crippen LogP contribution in [0.5, 0.6) is 0 Å². The van der Waals surface area contributed by atoms with E-state index in [0.29, 0.717) is 31.0 Å². The van der Waals surface area contributed by atoms with Gasteiger partial charge in [0.05, 0.1) is 18.5 Å². The maximum atomic E-state index is 11.5. The van der Waals surface area contributed by atoms with Gasteiger partial charge in [0, 0.05) is 19.3 Å². The van der Waals surface area contributed by atoms with E-state index in [0.717, 1.165) is 18.4 Å². The van der Waals surface area contributed by atoms with Crippen LogP contribution in [0.1, 0.15) is 45.4 Å². The van der Waals surface area contributed by atoms with Crippen LogP contribution < -0.4 is 0 Å². The summed E-state index contributed by atoms with van der Waals surface area (Å²) in [4.78, 5) is 21.8. The molecule has 19 heavy (non-hydrogen) atoms. The Kier molecular flexibility index (Phi) is 4.58. The zero-order valence-corrected chi connectivity index (χ0v) is 11.1. The van der Waals surface area contributed by atoms with Crippen molar-refractivity contribution in [2.45, 2.75) is 57.7 Å². The van der Waals surface area contributed by atoms with Crippen molar-refractivity contribution >= 4 is 11.9 Å². The van der Waals surface area contributed by atoms with Crippen LogP contribution in [0.25, 0.3) is 0 Å². The van der Waals surface area contributed by atoms with Gasteiger partial charge < -0.3 is 14.6 Å². The molecule has 0 amide bonds. The molecule has 2 fully saturated rings. The van der Waals surface area contributed by atoms with E-state index in [9.17, 15) is 9.59 Å². The largest absolute Gasteiger partial charge is 0.481 e. The third-order valence-electron chi connectivity index (χ3n) is 3.71. The molecule has 106 valence electrons. The number of esters is 1. The van der Waals surface area contributed by atoms with E-state index in [1.54, 1.807) is 6.26 Å². The number of carbonyl (C=O) groups is 2. The Morgan fingerprint density at radius 1 is 1.37 bits per heavy atom. The van der Waals surface area contributed by atoms with E-state index in [1.807, 2.05) is 0 Å². The van der Waals surface area contributed by atoms with Crippen LogP contribution in [0.2, 0.25) is 0 Å². The fourth-order valence-electron chi connectivity index (χ4n) is 2.41. The van der Waals surface area contributed by atoms with Crippen LogP contribution >= 0.6 is 0 Å². The number of unbranched alkanes of at least 4 members (excludes halogenated alkanes) is 1. The summed E-state index contributed by atoms with van der Waals surface area (Å²) >= 11 is 0. The molecule has 3 unspecified atom stereocenters. The van der Waals surface area contributed by atoms with Gasteiger partial charge in [-0.25, -0.2) is 0 Å². The van der Waals surface area contributed by atoms with Crippen molar-refractivity contribution in [3.05, 3.63) is 11.8 Å². The number of hydrogen-bond donors (Lipinski definition) is 1. The second kappa shape index (κ2) is 6.19. The third kappa shape index (κ3) is 4.35. The highest BCUT2D eigenvalue weighted by atomic mass is 16.6. The summed E-state index contributed by atoms with van der Waals surface area (Å²) in [6, 6.07) is 0. The van der Waals surface area contributed by atoms with Crippen molar-refractivity contribution in [2.24, 2.45) is 5.92 Å². The first kappa shape index (κ1) is 14.1. The molecule has 3 atom stereocenters. The van der Waals surface area contributed by atoms with Gasteiger partial charge in [0.2, 0.25) is 0 Å². The Labute approximate surface area is 112 Å². The summed E-state index contributed by atoms with van der Waals surface area (Å²) in [7, 11) is 0. The van der Waals surface area contributed by atoms with Crippen molar-refractivity contribution in [1.82, 2.24) is 0 Å². The summed E-state index contributed by atoms with van der Waals surface area (Å²) < 4.78 is 10.6.